The predicted octanol–water partition coefficient (Wildman–Crippen LogP) is 2.98. The molecule has 0 aliphatic rings. The summed E-state index contributed by atoms with van der Waals surface area (Å²) in [6.07, 6.45) is 3.88. The van der Waals surface area contributed by atoms with E-state index in [0.717, 1.165) is 22.5 Å². The smallest absolute Gasteiger partial charge is 0.243 e. The summed E-state index contributed by atoms with van der Waals surface area (Å²) in [5.41, 5.74) is 6.05. The maximum Gasteiger partial charge on any atom is 0.243 e. The Morgan fingerprint density at radius 1 is 1.26 bits per heavy atom. The maximum absolute atomic E-state index is 10.1. The molecule has 1 heterocycles. The summed E-state index contributed by atoms with van der Waals surface area (Å²) in [7, 11) is 1.51. The topological polar surface area (TPSA) is 79.6 Å². The van der Waals surface area contributed by atoms with Crippen molar-refractivity contribution in [2.75, 3.05) is 12.5 Å². The van der Waals surface area contributed by atoms with Gasteiger partial charge in [0.05, 0.1) is 13.3 Å². The molecule has 0 fully saturated rings. The number of anilines is 1. The zero-order valence-corrected chi connectivity index (χ0v) is 13.5. The van der Waals surface area contributed by atoms with Crippen molar-refractivity contribution in [2.45, 2.75) is 20.3 Å². The van der Waals surface area contributed by atoms with Crippen LogP contribution in [0.1, 0.15) is 22.5 Å². The SMILES string of the molecule is C=CCc1cc(C=NNc2nc(C)cc(C)n2)cc(OC)c1O. The lowest BCUT2D eigenvalue weighted by atomic mass is 10.1. The Morgan fingerprint density at radius 3 is 2.57 bits per heavy atom. The molecule has 23 heavy (non-hydrogen) atoms. The van der Waals surface area contributed by atoms with Crippen molar-refractivity contribution in [3.05, 3.63) is 53.4 Å². The molecular weight excluding hydrogens is 292 g/mol. The van der Waals surface area contributed by atoms with Gasteiger partial charge in [0.15, 0.2) is 11.5 Å². The van der Waals surface area contributed by atoms with Crippen LogP contribution in [0.5, 0.6) is 11.5 Å². The fraction of sp³-hybridized carbons (Fsp3) is 0.235. The average Bonchev–Trinajstić information content (AvgIpc) is 2.49. The standard InChI is InChI=1S/C17H20N4O2/c1-5-6-14-8-13(9-15(23-4)16(14)22)10-18-21-17-19-11(2)7-12(3)20-17/h5,7-10,22H,1,6H2,2-4H3,(H,19,20,21). The highest BCUT2D eigenvalue weighted by Crippen LogP contribution is 2.31. The number of hydrogen-bond acceptors (Lipinski definition) is 6. The van der Waals surface area contributed by atoms with Crippen LogP contribution in [0.3, 0.4) is 0 Å². The van der Waals surface area contributed by atoms with Gasteiger partial charge in [-0.05, 0) is 44.0 Å². The normalized spacial score (nSPS) is 10.7. The third-order valence-electron chi connectivity index (χ3n) is 3.12. The third kappa shape index (κ3) is 4.29. The lowest BCUT2D eigenvalue weighted by Crippen LogP contribution is -2.00. The average molecular weight is 312 g/mol. The van der Waals surface area contributed by atoms with Crippen molar-refractivity contribution in [3.63, 3.8) is 0 Å². The van der Waals surface area contributed by atoms with Crippen LogP contribution in [0.4, 0.5) is 5.95 Å². The van der Waals surface area contributed by atoms with Crippen molar-refractivity contribution in [1.82, 2.24) is 9.97 Å². The Bertz CT molecular complexity index is 721. The number of rotatable bonds is 6. The van der Waals surface area contributed by atoms with Crippen molar-refractivity contribution >= 4 is 12.2 Å². The monoisotopic (exact) mass is 312 g/mol. The Balaban J connectivity index is 2.21. The fourth-order valence-electron chi connectivity index (χ4n) is 2.17. The van der Waals surface area contributed by atoms with Crippen LogP contribution in [0.25, 0.3) is 0 Å². The van der Waals surface area contributed by atoms with Gasteiger partial charge >= 0.3 is 0 Å². The second-order valence-electron chi connectivity index (χ2n) is 5.07. The summed E-state index contributed by atoms with van der Waals surface area (Å²) < 4.78 is 5.18. The van der Waals surface area contributed by atoms with Crippen LogP contribution in [-0.4, -0.2) is 28.4 Å². The molecule has 1 aromatic heterocycles. The Hall–Kier alpha value is -2.89. The molecule has 0 spiro atoms. The highest BCUT2D eigenvalue weighted by atomic mass is 16.5. The van der Waals surface area contributed by atoms with E-state index in [1.54, 1.807) is 18.4 Å². The predicted molar refractivity (Wildman–Crippen MR) is 91.3 cm³/mol. The summed E-state index contributed by atoms with van der Waals surface area (Å²) >= 11 is 0. The number of hydrogen-bond donors (Lipinski definition) is 2. The van der Waals surface area contributed by atoms with Gasteiger partial charge in [-0.2, -0.15) is 5.10 Å². The maximum atomic E-state index is 10.1. The molecule has 0 radical (unpaired) electrons. The largest absolute Gasteiger partial charge is 0.504 e. The number of aryl methyl sites for hydroxylation is 2. The third-order valence-corrected chi connectivity index (χ3v) is 3.12. The Morgan fingerprint density at radius 2 is 1.96 bits per heavy atom. The second-order valence-corrected chi connectivity index (χ2v) is 5.07. The van der Waals surface area contributed by atoms with E-state index in [9.17, 15) is 5.11 Å². The highest BCUT2D eigenvalue weighted by Gasteiger charge is 2.08. The molecule has 0 aliphatic heterocycles. The number of nitrogens with zero attached hydrogens (tertiary/aromatic N) is 3. The number of phenols is 1. The summed E-state index contributed by atoms with van der Waals surface area (Å²) in [4.78, 5) is 8.49. The molecule has 120 valence electrons. The van der Waals surface area contributed by atoms with Gasteiger partial charge < -0.3 is 9.84 Å². The molecule has 0 saturated carbocycles. The molecule has 2 N–H and O–H groups in total. The van der Waals surface area contributed by atoms with E-state index in [-0.39, 0.29) is 5.75 Å². The van der Waals surface area contributed by atoms with E-state index in [0.29, 0.717) is 18.1 Å². The molecule has 0 amide bonds. The second kappa shape index (κ2) is 7.40. The lowest BCUT2D eigenvalue weighted by Gasteiger charge is -2.09. The number of aromatic hydroxyl groups is 1. The van der Waals surface area contributed by atoms with Crippen LogP contribution in [0.15, 0.2) is 36.0 Å². The van der Waals surface area contributed by atoms with Crippen LogP contribution < -0.4 is 10.2 Å². The zero-order chi connectivity index (χ0) is 16.8. The molecule has 1 aromatic carbocycles. The van der Waals surface area contributed by atoms with Gasteiger partial charge in [0, 0.05) is 17.0 Å². The number of hydrazone groups is 1. The number of benzene rings is 1. The van der Waals surface area contributed by atoms with Crippen molar-refractivity contribution < 1.29 is 9.84 Å². The van der Waals surface area contributed by atoms with Gasteiger partial charge in [-0.25, -0.2) is 15.4 Å². The molecular formula is C17H20N4O2. The van der Waals surface area contributed by atoms with Gasteiger partial charge in [0.25, 0.3) is 0 Å². The molecule has 6 heteroatoms. The molecule has 0 unspecified atom stereocenters. The first-order valence-corrected chi connectivity index (χ1v) is 7.15. The first-order valence-electron chi connectivity index (χ1n) is 7.15. The van der Waals surface area contributed by atoms with Gasteiger partial charge in [-0.15, -0.1) is 6.58 Å². The number of aromatic nitrogens is 2. The van der Waals surface area contributed by atoms with E-state index < -0.39 is 0 Å². The molecule has 0 saturated heterocycles. The number of methoxy groups -OCH3 is 1. The minimum Gasteiger partial charge on any atom is -0.504 e. The van der Waals surface area contributed by atoms with Crippen molar-refractivity contribution in [3.8, 4) is 11.5 Å². The number of phenolic OH excluding ortho intramolecular Hbond substituents is 1. The van der Waals surface area contributed by atoms with Crippen LogP contribution in [0, 0.1) is 13.8 Å². The Kier molecular flexibility index (Phi) is 5.30. The Labute approximate surface area is 135 Å². The van der Waals surface area contributed by atoms with Crippen LogP contribution >= 0.6 is 0 Å². The molecule has 0 aliphatic carbocycles. The van der Waals surface area contributed by atoms with Crippen molar-refractivity contribution in [1.29, 1.82) is 0 Å². The molecule has 0 bridgehead atoms. The van der Waals surface area contributed by atoms with Crippen LogP contribution in [-0.2, 0) is 6.42 Å². The fourth-order valence-corrected chi connectivity index (χ4v) is 2.17. The lowest BCUT2D eigenvalue weighted by molar-refractivity contribution is 0.371. The minimum atomic E-state index is 0.121. The van der Waals surface area contributed by atoms with Gasteiger partial charge in [0.1, 0.15) is 0 Å². The van der Waals surface area contributed by atoms with E-state index in [2.05, 4.69) is 27.1 Å². The minimum absolute atomic E-state index is 0.121. The zero-order valence-electron chi connectivity index (χ0n) is 13.5. The molecule has 0 atom stereocenters. The highest BCUT2D eigenvalue weighted by molar-refractivity contribution is 5.82. The number of ether oxygens (including phenoxy) is 1. The van der Waals surface area contributed by atoms with E-state index in [1.807, 2.05) is 26.0 Å². The first-order chi connectivity index (χ1) is 11.0. The summed E-state index contributed by atoms with van der Waals surface area (Å²) in [5, 5.41) is 14.2. The summed E-state index contributed by atoms with van der Waals surface area (Å²) in [6, 6.07) is 5.42. The molecule has 2 aromatic rings. The van der Waals surface area contributed by atoms with E-state index in [1.165, 1.54) is 7.11 Å². The molecule has 6 nitrogen and oxygen atoms in total. The quantitative estimate of drug-likeness (QED) is 0.487. The first kappa shape index (κ1) is 16.5. The molecule has 2 rings (SSSR count). The van der Waals surface area contributed by atoms with E-state index in [4.69, 9.17) is 4.74 Å². The number of nitrogens with one attached hydrogen (secondary N) is 1. The van der Waals surface area contributed by atoms with Gasteiger partial charge in [-0.3, -0.25) is 0 Å². The van der Waals surface area contributed by atoms with Gasteiger partial charge in [-0.1, -0.05) is 6.08 Å². The number of allylic oxidation sites excluding steroid dienone is 1. The van der Waals surface area contributed by atoms with Crippen molar-refractivity contribution in [2.24, 2.45) is 5.10 Å². The summed E-state index contributed by atoms with van der Waals surface area (Å²) in [6.45, 7) is 7.48. The van der Waals surface area contributed by atoms with Crippen LogP contribution in [0.2, 0.25) is 0 Å². The summed E-state index contributed by atoms with van der Waals surface area (Å²) in [5.74, 6) is 0.958. The van der Waals surface area contributed by atoms with Gasteiger partial charge in [0.2, 0.25) is 5.95 Å². The van der Waals surface area contributed by atoms with E-state index >= 15 is 0 Å².